The molecule has 2 aromatic rings. The van der Waals surface area contributed by atoms with Gasteiger partial charge >= 0.3 is 0 Å². The highest BCUT2D eigenvalue weighted by Crippen LogP contribution is 2.15. The standard InChI is InChI=1S/C11H17N5O/c1-8-5-10-11(13-3-4-16(10)15-8)14-9(6-12)7-17-2/h3-5,9H,6-7,12H2,1-2H3,(H,13,14). The van der Waals surface area contributed by atoms with E-state index in [9.17, 15) is 0 Å². The molecule has 1 unspecified atom stereocenters. The third-order valence-corrected chi connectivity index (χ3v) is 2.51. The number of aryl methyl sites for hydroxylation is 1. The summed E-state index contributed by atoms with van der Waals surface area (Å²) in [7, 11) is 1.65. The molecule has 0 aliphatic carbocycles. The van der Waals surface area contributed by atoms with Crippen LogP contribution < -0.4 is 11.1 Å². The van der Waals surface area contributed by atoms with E-state index in [1.54, 1.807) is 17.8 Å². The third-order valence-electron chi connectivity index (χ3n) is 2.51. The van der Waals surface area contributed by atoms with Crippen molar-refractivity contribution < 1.29 is 4.74 Å². The number of ether oxygens (including phenoxy) is 1. The minimum absolute atomic E-state index is 0.0499. The molecule has 0 radical (unpaired) electrons. The first-order chi connectivity index (χ1) is 8.24. The molecule has 2 aromatic heterocycles. The minimum atomic E-state index is 0.0499. The Balaban J connectivity index is 2.28. The van der Waals surface area contributed by atoms with E-state index in [-0.39, 0.29) is 6.04 Å². The first kappa shape index (κ1) is 11.8. The number of nitrogens with two attached hydrogens (primary N) is 1. The Hall–Kier alpha value is -1.66. The van der Waals surface area contributed by atoms with Gasteiger partial charge in [0.1, 0.15) is 5.52 Å². The SMILES string of the molecule is COCC(CN)Nc1nccn2nc(C)cc12. The lowest BCUT2D eigenvalue weighted by Crippen LogP contribution is -2.33. The van der Waals surface area contributed by atoms with Crippen molar-refractivity contribution >= 4 is 11.3 Å². The number of rotatable bonds is 5. The van der Waals surface area contributed by atoms with Crippen LogP contribution in [0.2, 0.25) is 0 Å². The van der Waals surface area contributed by atoms with Crippen LogP contribution in [0, 0.1) is 6.92 Å². The summed E-state index contributed by atoms with van der Waals surface area (Å²) in [5.41, 5.74) is 7.56. The Kier molecular flexibility index (Phi) is 3.55. The van der Waals surface area contributed by atoms with Gasteiger partial charge < -0.3 is 15.8 Å². The normalized spacial score (nSPS) is 12.9. The molecule has 0 aliphatic heterocycles. The molecule has 17 heavy (non-hydrogen) atoms. The van der Waals surface area contributed by atoms with Gasteiger partial charge in [0.2, 0.25) is 0 Å². The van der Waals surface area contributed by atoms with Crippen LogP contribution in [0.4, 0.5) is 5.82 Å². The van der Waals surface area contributed by atoms with Crippen LogP contribution in [-0.2, 0) is 4.74 Å². The summed E-state index contributed by atoms with van der Waals surface area (Å²) in [5.74, 6) is 0.778. The molecular formula is C11H17N5O. The summed E-state index contributed by atoms with van der Waals surface area (Å²) in [6, 6.07) is 2.03. The summed E-state index contributed by atoms with van der Waals surface area (Å²) < 4.78 is 6.89. The lowest BCUT2D eigenvalue weighted by molar-refractivity contribution is 0.187. The van der Waals surface area contributed by atoms with Crippen LogP contribution >= 0.6 is 0 Å². The van der Waals surface area contributed by atoms with Crippen LogP contribution in [0.5, 0.6) is 0 Å². The average molecular weight is 235 g/mol. The van der Waals surface area contributed by atoms with Gasteiger partial charge in [0.05, 0.1) is 18.3 Å². The molecule has 0 aliphatic rings. The van der Waals surface area contributed by atoms with E-state index in [1.807, 2.05) is 19.2 Å². The van der Waals surface area contributed by atoms with Gasteiger partial charge in [-0.15, -0.1) is 0 Å². The predicted octanol–water partition coefficient (Wildman–Crippen LogP) is 0.423. The zero-order valence-corrected chi connectivity index (χ0v) is 10.1. The van der Waals surface area contributed by atoms with Gasteiger partial charge in [-0.3, -0.25) is 0 Å². The van der Waals surface area contributed by atoms with Gasteiger partial charge in [0, 0.05) is 26.0 Å². The number of nitrogens with one attached hydrogen (secondary N) is 1. The number of hydrogen-bond acceptors (Lipinski definition) is 5. The molecule has 0 spiro atoms. The first-order valence-electron chi connectivity index (χ1n) is 5.51. The zero-order chi connectivity index (χ0) is 12.3. The van der Waals surface area contributed by atoms with Crippen LogP contribution in [-0.4, -0.2) is 40.9 Å². The van der Waals surface area contributed by atoms with Gasteiger partial charge in [-0.1, -0.05) is 0 Å². The summed E-state index contributed by atoms with van der Waals surface area (Å²) >= 11 is 0. The molecule has 0 fully saturated rings. The van der Waals surface area contributed by atoms with E-state index >= 15 is 0 Å². The van der Waals surface area contributed by atoms with Gasteiger partial charge in [-0.2, -0.15) is 5.10 Å². The number of methoxy groups -OCH3 is 1. The van der Waals surface area contributed by atoms with Crippen molar-refractivity contribution in [1.29, 1.82) is 0 Å². The minimum Gasteiger partial charge on any atom is -0.383 e. The van der Waals surface area contributed by atoms with Gasteiger partial charge in [0.15, 0.2) is 5.82 Å². The number of hydrogen-bond donors (Lipinski definition) is 2. The highest BCUT2D eigenvalue weighted by atomic mass is 16.5. The second kappa shape index (κ2) is 5.11. The zero-order valence-electron chi connectivity index (χ0n) is 10.1. The summed E-state index contributed by atoms with van der Waals surface area (Å²) in [6.45, 7) is 2.99. The Morgan fingerprint density at radius 1 is 1.59 bits per heavy atom. The Morgan fingerprint density at radius 2 is 2.41 bits per heavy atom. The topological polar surface area (TPSA) is 77.5 Å². The number of nitrogens with zero attached hydrogens (tertiary/aromatic N) is 3. The molecule has 0 saturated heterocycles. The van der Waals surface area contributed by atoms with Crippen LogP contribution in [0.1, 0.15) is 5.69 Å². The quantitative estimate of drug-likeness (QED) is 0.785. The van der Waals surface area contributed by atoms with Gasteiger partial charge in [-0.05, 0) is 13.0 Å². The summed E-state index contributed by atoms with van der Waals surface area (Å²) in [4.78, 5) is 4.31. The molecular weight excluding hydrogens is 218 g/mol. The van der Waals surface area contributed by atoms with Crippen LogP contribution in [0.15, 0.2) is 18.5 Å². The average Bonchev–Trinajstić information content (AvgIpc) is 2.70. The van der Waals surface area contributed by atoms with E-state index < -0.39 is 0 Å². The second-order valence-electron chi connectivity index (χ2n) is 3.92. The van der Waals surface area contributed by atoms with E-state index in [1.165, 1.54) is 0 Å². The molecule has 2 rings (SSSR count). The van der Waals surface area contributed by atoms with E-state index in [0.29, 0.717) is 13.2 Å². The fourth-order valence-corrected chi connectivity index (χ4v) is 1.72. The number of aromatic nitrogens is 3. The van der Waals surface area contributed by atoms with Gasteiger partial charge in [0.25, 0.3) is 0 Å². The third kappa shape index (κ3) is 2.54. The molecule has 6 heteroatoms. The fraction of sp³-hybridized carbons (Fsp3) is 0.455. The van der Waals surface area contributed by atoms with Crippen molar-refractivity contribution in [2.24, 2.45) is 5.73 Å². The molecule has 0 saturated carbocycles. The fourth-order valence-electron chi connectivity index (χ4n) is 1.72. The molecule has 2 heterocycles. The van der Waals surface area contributed by atoms with E-state index in [4.69, 9.17) is 10.5 Å². The van der Waals surface area contributed by atoms with Crippen molar-refractivity contribution in [1.82, 2.24) is 14.6 Å². The van der Waals surface area contributed by atoms with Crippen LogP contribution in [0.3, 0.4) is 0 Å². The van der Waals surface area contributed by atoms with Crippen molar-refractivity contribution in [2.45, 2.75) is 13.0 Å². The lowest BCUT2D eigenvalue weighted by Gasteiger charge is -2.16. The van der Waals surface area contributed by atoms with Crippen molar-refractivity contribution in [3.05, 3.63) is 24.2 Å². The van der Waals surface area contributed by atoms with Crippen molar-refractivity contribution in [3.63, 3.8) is 0 Å². The Morgan fingerprint density at radius 3 is 3.12 bits per heavy atom. The van der Waals surface area contributed by atoms with E-state index in [0.717, 1.165) is 17.0 Å². The van der Waals surface area contributed by atoms with Crippen molar-refractivity contribution in [2.75, 3.05) is 25.6 Å². The molecule has 1 atom stereocenters. The molecule has 3 N–H and O–H groups in total. The maximum atomic E-state index is 5.66. The molecule has 0 amide bonds. The summed E-state index contributed by atoms with van der Waals surface area (Å²) in [6.07, 6.45) is 3.53. The van der Waals surface area contributed by atoms with Crippen molar-refractivity contribution in [3.8, 4) is 0 Å². The Bertz CT molecular complexity index is 496. The lowest BCUT2D eigenvalue weighted by atomic mass is 10.3. The number of anilines is 1. The van der Waals surface area contributed by atoms with Gasteiger partial charge in [-0.25, -0.2) is 9.50 Å². The molecule has 0 aromatic carbocycles. The monoisotopic (exact) mass is 235 g/mol. The highest BCUT2D eigenvalue weighted by Gasteiger charge is 2.10. The summed E-state index contributed by atoms with van der Waals surface area (Å²) in [5, 5.41) is 7.59. The maximum Gasteiger partial charge on any atom is 0.152 e. The first-order valence-corrected chi connectivity index (χ1v) is 5.51. The molecule has 6 nitrogen and oxygen atoms in total. The molecule has 0 bridgehead atoms. The molecule has 92 valence electrons. The van der Waals surface area contributed by atoms with Crippen LogP contribution in [0.25, 0.3) is 5.52 Å². The predicted molar refractivity (Wildman–Crippen MR) is 66.1 cm³/mol. The Labute approximate surface area is 99.8 Å². The number of fused-ring (bicyclic) bond motifs is 1. The smallest absolute Gasteiger partial charge is 0.152 e. The maximum absolute atomic E-state index is 5.66. The highest BCUT2D eigenvalue weighted by molar-refractivity contribution is 5.68. The second-order valence-corrected chi connectivity index (χ2v) is 3.92. The largest absolute Gasteiger partial charge is 0.383 e. The van der Waals surface area contributed by atoms with E-state index in [2.05, 4.69) is 15.4 Å².